The molecule has 0 aromatic heterocycles. The second-order valence-electron chi connectivity index (χ2n) is 8.47. The predicted octanol–water partition coefficient (Wildman–Crippen LogP) is 7.11. The summed E-state index contributed by atoms with van der Waals surface area (Å²) >= 11 is 4.27. The molecule has 4 fully saturated rings. The third-order valence-electron chi connectivity index (χ3n) is 6.56. The number of rotatable bonds is 5. The molecule has 4 aliphatic carbocycles. The monoisotopic (exact) mass is 366 g/mol. The van der Waals surface area contributed by atoms with Crippen molar-refractivity contribution in [1.82, 2.24) is 0 Å². The van der Waals surface area contributed by atoms with Crippen LogP contribution in [0.4, 0.5) is 0 Å². The highest BCUT2D eigenvalue weighted by atomic mass is 32.2. The normalized spacial score (nSPS) is 33.1. The molecule has 25 heavy (non-hydrogen) atoms. The van der Waals surface area contributed by atoms with Gasteiger partial charge in [-0.2, -0.15) is 0 Å². The lowest BCUT2D eigenvalue weighted by molar-refractivity contribution is -0.0425. The Kier molecular flexibility index (Phi) is 4.38. The van der Waals surface area contributed by atoms with E-state index in [1.165, 1.54) is 48.3 Å². The van der Waals surface area contributed by atoms with Crippen molar-refractivity contribution < 1.29 is 0 Å². The number of benzene rings is 2. The fourth-order valence-corrected chi connectivity index (χ4v) is 9.05. The van der Waals surface area contributed by atoms with Crippen LogP contribution < -0.4 is 0 Å². The topological polar surface area (TPSA) is 0 Å². The Bertz CT molecular complexity index is 633. The molecule has 0 radical (unpaired) electrons. The Labute approximate surface area is 160 Å². The summed E-state index contributed by atoms with van der Waals surface area (Å²) in [6.45, 7) is 0. The maximum absolute atomic E-state index is 2.30. The van der Waals surface area contributed by atoms with Gasteiger partial charge in [0.05, 0.1) is 4.58 Å². The molecular formula is C23H26S2. The number of hydrogen-bond acceptors (Lipinski definition) is 2. The average Bonchev–Trinajstić information content (AvgIpc) is 2.62. The van der Waals surface area contributed by atoms with Crippen LogP contribution in [0.25, 0.3) is 0 Å². The molecule has 4 aliphatic rings. The second kappa shape index (κ2) is 6.70. The van der Waals surface area contributed by atoms with E-state index in [4.69, 9.17) is 0 Å². The lowest BCUT2D eigenvalue weighted by atomic mass is 9.50. The highest BCUT2D eigenvalue weighted by molar-refractivity contribution is 8.17. The fourth-order valence-electron chi connectivity index (χ4n) is 5.99. The van der Waals surface area contributed by atoms with E-state index in [2.05, 4.69) is 84.2 Å². The lowest BCUT2D eigenvalue weighted by Gasteiger charge is -2.59. The first-order chi connectivity index (χ1) is 12.3. The van der Waals surface area contributed by atoms with Gasteiger partial charge in [-0.15, -0.1) is 23.5 Å². The summed E-state index contributed by atoms with van der Waals surface area (Å²) in [6, 6.07) is 22.2. The molecule has 6 rings (SSSR count). The summed E-state index contributed by atoms with van der Waals surface area (Å²) in [4.78, 5) is 2.87. The molecule has 2 heteroatoms. The van der Waals surface area contributed by atoms with Crippen LogP contribution in [0.5, 0.6) is 0 Å². The molecule has 0 aliphatic heterocycles. The van der Waals surface area contributed by atoms with Gasteiger partial charge in [0.25, 0.3) is 0 Å². The molecule has 130 valence electrons. The molecule has 0 heterocycles. The Hall–Kier alpha value is -0.860. The molecule has 0 N–H and O–H groups in total. The van der Waals surface area contributed by atoms with E-state index in [0.29, 0.717) is 10.00 Å². The first-order valence-corrected chi connectivity index (χ1v) is 11.5. The van der Waals surface area contributed by atoms with E-state index in [0.717, 1.165) is 17.8 Å². The molecule has 0 amide bonds. The first-order valence-electron chi connectivity index (χ1n) is 9.72. The van der Waals surface area contributed by atoms with Gasteiger partial charge in [0.15, 0.2) is 0 Å². The van der Waals surface area contributed by atoms with Crippen molar-refractivity contribution in [2.24, 2.45) is 23.2 Å². The minimum atomic E-state index is 0.551. The third-order valence-corrected chi connectivity index (χ3v) is 9.65. The minimum Gasteiger partial charge on any atom is -0.111 e. The van der Waals surface area contributed by atoms with Gasteiger partial charge in [0.1, 0.15) is 0 Å². The summed E-state index contributed by atoms with van der Waals surface area (Å²) < 4.78 is 0.644. The fraction of sp³-hybridized carbons (Fsp3) is 0.478. The Morgan fingerprint density at radius 2 is 1.04 bits per heavy atom. The zero-order valence-electron chi connectivity index (χ0n) is 14.6. The Balaban J connectivity index is 1.46. The van der Waals surface area contributed by atoms with E-state index >= 15 is 0 Å². The maximum Gasteiger partial charge on any atom is 0.0653 e. The van der Waals surface area contributed by atoms with E-state index in [-0.39, 0.29) is 0 Å². The van der Waals surface area contributed by atoms with Gasteiger partial charge in [-0.05, 0) is 86.0 Å². The Morgan fingerprint density at radius 1 is 0.640 bits per heavy atom. The van der Waals surface area contributed by atoms with Gasteiger partial charge < -0.3 is 0 Å². The zero-order chi connectivity index (χ0) is 16.7. The maximum atomic E-state index is 2.30. The molecule has 0 spiro atoms. The van der Waals surface area contributed by atoms with Crippen LogP contribution in [0.15, 0.2) is 70.5 Å². The second-order valence-corrected chi connectivity index (χ2v) is 11.1. The van der Waals surface area contributed by atoms with E-state index in [1.807, 2.05) is 0 Å². The zero-order valence-corrected chi connectivity index (χ0v) is 16.3. The number of thioether (sulfide) groups is 2. The average molecular weight is 367 g/mol. The Morgan fingerprint density at radius 3 is 1.44 bits per heavy atom. The van der Waals surface area contributed by atoms with Crippen LogP contribution in [0.2, 0.25) is 0 Å². The molecule has 0 nitrogen and oxygen atoms in total. The summed E-state index contributed by atoms with van der Waals surface area (Å²) in [5.41, 5.74) is 0.551. The summed E-state index contributed by atoms with van der Waals surface area (Å²) in [5, 5.41) is 0. The van der Waals surface area contributed by atoms with E-state index in [9.17, 15) is 0 Å². The molecule has 0 unspecified atom stereocenters. The summed E-state index contributed by atoms with van der Waals surface area (Å²) in [6.07, 6.45) is 9.00. The van der Waals surface area contributed by atoms with E-state index in [1.54, 1.807) is 0 Å². The third kappa shape index (κ3) is 3.28. The standard InChI is InChI=1S/C23H26S2/c1-3-7-20(8-4-1)24-22(25-21-9-5-2-6-10-21)23-14-17-11-18(15-23)13-19(12-17)16-23/h1-10,17-19,22H,11-16H2. The quantitative estimate of drug-likeness (QED) is 0.408. The molecular weight excluding hydrogens is 340 g/mol. The molecule has 0 atom stereocenters. The van der Waals surface area contributed by atoms with Crippen LogP contribution >= 0.6 is 23.5 Å². The largest absolute Gasteiger partial charge is 0.111 e. The van der Waals surface area contributed by atoms with Crippen LogP contribution in [-0.4, -0.2) is 4.58 Å². The van der Waals surface area contributed by atoms with Crippen LogP contribution in [0, 0.1) is 23.2 Å². The van der Waals surface area contributed by atoms with Crippen molar-refractivity contribution in [2.75, 3.05) is 0 Å². The molecule has 2 aromatic rings. The first kappa shape index (κ1) is 16.3. The van der Waals surface area contributed by atoms with Crippen molar-refractivity contribution in [2.45, 2.75) is 52.9 Å². The molecule has 0 saturated heterocycles. The summed E-state index contributed by atoms with van der Waals surface area (Å²) in [7, 11) is 0. The molecule has 4 saturated carbocycles. The lowest BCUT2D eigenvalue weighted by Crippen LogP contribution is -2.50. The minimum absolute atomic E-state index is 0.551. The van der Waals surface area contributed by atoms with Crippen molar-refractivity contribution >= 4 is 23.5 Å². The van der Waals surface area contributed by atoms with Crippen molar-refractivity contribution in [3.63, 3.8) is 0 Å². The SMILES string of the molecule is c1ccc(SC(Sc2ccccc2)C23CC4CC(CC(C4)C2)C3)cc1. The van der Waals surface area contributed by atoms with Gasteiger partial charge >= 0.3 is 0 Å². The summed E-state index contributed by atoms with van der Waals surface area (Å²) in [5.74, 6) is 3.05. The number of hydrogen-bond donors (Lipinski definition) is 0. The van der Waals surface area contributed by atoms with E-state index < -0.39 is 0 Å². The van der Waals surface area contributed by atoms with Crippen LogP contribution in [0.3, 0.4) is 0 Å². The van der Waals surface area contributed by atoms with Gasteiger partial charge in [-0.1, -0.05) is 36.4 Å². The highest BCUT2D eigenvalue weighted by Gasteiger charge is 2.54. The van der Waals surface area contributed by atoms with Crippen molar-refractivity contribution in [3.8, 4) is 0 Å². The van der Waals surface area contributed by atoms with Crippen molar-refractivity contribution in [1.29, 1.82) is 0 Å². The van der Waals surface area contributed by atoms with Gasteiger partial charge in [-0.25, -0.2) is 0 Å². The van der Waals surface area contributed by atoms with Crippen LogP contribution in [-0.2, 0) is 0 Å². The van der Waals surface area contributed by atoms with Gasteiger partial charge in [0.2, 0.25) is 0 Å². The van der Waals surface area contributed by atoms with Gasteiger partial charge in [0, 0.05) is 9.79 Å². The smallest absolute Gasteiger partial charge is 0.0653 e. The predicted molar refractivity (Wildman–Crippen MR) is 109 cm³/mol. The molecule has 4 bridgehead atoms. The van der Waals surface area contributed by atoms with Crippen LogP contribution in [0.1, 0.15) is 38.5 Å². The van der Waals surface area contributed by atoms with Crippen molar-refractivity contribution in [3.05, 3.63) is 60.7 Å². The molecule has 2 aromatic carbocycles. The highest BCUT2D eigenvalue weighted by Crippen LogP contribution is 2.65. The van der Waals surface area contributed by atoms with Gasteiger partial charge in [-0.3, -0.25) is 0 Å².